The number of aromatic nitrogens is 3. The molecule has 2 aromatic heterocycles. The second-order valence-corrected chi connectivity index (χ2v) is 5.24. The number of hydrogen-bond acceptors (Lipinski definition) is 3. The molecule has 6 heteroatoms. The maximum atomic E-state index is 11.8. The average Bonchev–Trinajstić information content (AvgIpc) is 2.79. The summed E-state index contributed by atoms with van der Waals surface area (Å²) in [6.45, 7) is 1.79. The topological polar surface area (TPSA) is 85.3 Å². The third kappa shape index (κ3) is 1.92. The molecule has 20 heavy (non-hydrogen) atoms. The molecule has 1 aromatic carbocycles. The van der Waals surface area contributed by atoms with E-state index in [-0.39, 0.29) is 11.1 Å². The van der Waals surface area contributed by atoms with E-state index in [1.165, 1.54) is 0 Å². The van der Waals surface area contributed by atoms with Crippen LogP contribution in [0.5, 0.6) is 0 Å². The highest BCUT2D eigenvalue weighted by atomic mass is 79.9. The van der Waals surface area contributed by atoms with Crippen LogP contribution in [-0.4, -0.2) is 15.2 Å². The van der Waals surface area contributed by atoms with Crippen LogP contribution in [0.2, 0.25) is 0 Å². The highest BCUT2D eigenvalue weighted by Gasteiger charge is 2.12. The van der Waals surface area contributed by atoms with Gasteiger partial charge in [0.15, 0.2) is 0 Å². The highest BCUT2D eigenvalue weighted by molar-refractivity contribution is 9.10. The first kappa shape index (κ1) is 12.6. The van der Waals surface area contributed by atoms with Gasteiger partial charge in [0, 0.05) is 16.6 Å². The summed E-state index contributed by atoms with van der Waals surface area (Å²) < 4.78 is 0.773. The summed E-state index contributed by atoms with van der Waals surface area (Å²) in [5.74, 6) is 0. The van der Waals surface area contributed by atoms with Crippen LogP contribution in [0, 0.1) is 18.3 Å². The Bertz CT molecular complexity index is 917. The van der Waals surface area contributed by atoms with Gasteiger partial charge in [-0.05, 0) is 46.6 Å². The summed E-state index contributed by atoms with van der Waals surface area (Å²) >= 11 is 3.39. The summed E-state index contributed by atoms with van der Waals surface area (Å²) in [4.78, 5) is 14.5. The molecule has 2 heterocycles. The first-order valence-corrected chi connectivity index (χ1v) is 6.67. The summed E-state index contributed by atoms with van der Waals surface area (Å²) in [6, 6.07) is 9.37. The van der Waals surface area contributed by atoms with Crippen LogP contribution in [0.15, 0.2) is 33.7 Å². The van der Waals surface area contributed by atoms with Crippen molar-refractivity contribution in [1.82, 2.24) is 15.2 Å². The van der Waals surface area contributed by atoms with Gasteiger partial charge < -0.3 is 4.98 Å². The number of fused-ring (bicyclic) bond motifs is 1. The number of nitriles is 1. The zero-order valence-electron chi connectivity index (χ0n) is 10.5. The van der Waals surface area contributed by atoms with Gasteiger partial charge in [0.05, 0.1) is 5.52 Å². The van der Waals surface area contributed by atoms with Gasteiger partial charge in [-0.3, -0.25) is 9.89 Å². The van der Waals surface area contributed by atoms with Gasteiger partial charge in [-0.2, -0.15) is 10.4 Å². The van der Waals surface area contributed by atoms with Crippen molar-refractivity contribution in [2.75, 3.05) is 0 Å². The van der Waals surface area contributed by atoms with Crippen molar-refractivity contribution in [3.8, 4) is 17.2 Å². The van der Waals surface area contributed by atoms with E-state index in [1.54, 1.807) is 13.0 Å². The molecule has 0 bridgehead atoms. The Morgan fingerprint density at radius 1 is 1.35 bits per heavy atom. The fourth-order valence-electron chi connectivity index (χ4n) is 2.17. The number of hydrogen-bond donors (Lipinski definition) is 2. The van der Waals surface area contributed by atoms with E-state index in [0.717, 1.165) is 26.8 Å². The van der Waals surface area contributed by atoms with Crippen LogP contribution < -0.4 is 5.56 Å². The molecular formula is C14H9BrN4O. The number of rotatable bonds is 1. The van der Waals surface area contributed by atoms with E-state index in [1.807, 2.05) is 24.3 Å². The second kappa shape index (κ2) is 4.62. The number of nitrogens with zero attached hydrogens (tertiary/aromatic N) is 2. The number of benzene rings is 1. The molecule has 0 amide bonds. The number of aryl methyl sites for hydroxylation is 1. The zero-order valence-corrected chi connectivity index (χ0v) is 12.1. The van der Waals surface area contributed by atoms with Gasteiger partial charge in [-0.1, -0.05) is 6.07 Å². The lowest BCUT2D eigenvalue weighted by Gasteiger charge is -2.05. The monoisotopic (exact) mass is 328 g/mol. The van der Waals surface area contributed by atoms with E-state index >= 15 is 0 Å². The van der Waals surface area contributed by atoms with E-state index in [0.29, 0.717) is 5.56 Å². The van der Waals surface area contributed by atoms with Crippen LogP contribution in [0.25, 0.3) is 22.0 Å². The molecular weight excluding hydrogens is 320 g/mol. The van der Waals surface area contributed by atoms with Crippen LogP contribution in [0.4, 0.5) is 0 Å². The molecule has 5 nitrogen and oxygen atoms in total. The molecule has 0 radical (unpaired) electrons. The molecule has 3 aromatic rings. The summed E-state index contributed by atoms with van der Waals surface area (Å²) in [7, 11) is 0. The predicted molar refractivity (Wildman–Crippen MR) is 79.3 cm³/mol. The zero-order chi connectivity index (χ0) is 14.3. The molecule has 0 aliphatic heterocycles. The van der Waals surface area contributed by atoms with E-state index in [9.17, 15) is 10.1 Å². The normalized spacial score (nSPS) is 10.7. The molecule has 3 rings (SSSR count). The summed E-state index contributed by atoms with van der Waals surface area (Å²) in [6.07, 6.45) is 0. The van der Waals surface area contributed by atoms with Crippen molar-refractivity contribution < 1.29 is 0 Å². The van der Waals surface area contributed by atoms with Crippen molar-refractivity contribution in [1.29, 1.82) is 5.26 Å². The first-order chi connectivity index (χ1) is 9.60. The molecule has 0 saturated heterocycles. The fourth-order valence-corrected chi connectivity index (χ4v) is 2.58. The number of aromatic amines is 2. The minimum Gasteiger partial charge on any atom is -0.325 e. The third-order valence-corrected chi connectivity index (χ3v) is 3.70. The van der Waals surface area contributed by atoms with Crippen LogP contribution in [0.1, 0.15) is 11.3 Å². The van der Waals surface area contributed by atoms with Crippen LogP contribution >= 0.6 is 15.9 Å². The average molecular weight is 329 g/mol. The Morgan fingerprint density at radius 2 is 2.15 bits per heavy atom. The van der Waals surface area contributed by atoms with Gasteiger partial charge >= 0.3 is 0 Å². The summed E-state index contributed by atoms with van der Waals surface area (Å²) in [5, 5.41) is 17.1. The van der Waals surface area contributed by atoms with Gasteiger partial charge in [-0.15, -0.1) is 0 Å². The number of halogens is 1. The number of nitrogens with one attached hydrogen (secondary N) is 2. The maximum absolute atomic E-state index is 11.8. The first-order valence-electron chi connectivity index (χ1n) is 5.88. The molecule has 0 aliphatic carbocycles. The Balaban J connectivity index is 2.33. The molecule has 0 saturated carbocycles. The molecule has 0 spiro atoms. The van der Waals surface area contributed by atoms with Gasteiger partial charge in [0.2, 0.25) is 0 Å². The van der Waals surface area contributed by atoms with Crippen LogP contribution in [0.3, 0.4) is 0 Å². The molecule has 0 fully saturated rings. The Hall–Kier alpha value is -2.39. The minimum absolute atomic E-state index is 0.120. The lowest BCUT2D eigenvalue weighted by atomic mass is 10.00. The third-order valence-electron chi connectivity index (χ3n) is 3.10. The van der Waals surface area contributed by atoms with Crippen molar-refractivity contribution in [2.24, 2.45) is 0 Å². The molecule has 0 atom stereocenters. The van der Waals surface area contributed by atoms with Gasteiger partial charge in [0.1, 0.15) is 16.2 Å². The van der Waals surface area contributed by atoms with Gasteiger partial charge in [-0.25, -0.2) is 0 Å². The lowest BCUT2D eigenvalue weighted by Crippen LogP contribution is -2.12. The second-order valence-electron chi connectivity index (χ2n) is 4.45. The standard InChI is InChI=1S/C14H9BrN4O/c1-7-4-9(11(6-16)14(20)17-7)8-2-3-12-10(5-8)13(15)19-18-12/h2-5H,1H3,(H,17,20)(H,18,19). The molecule has 0 unspecified atom stereocenters. The van der Waals surface area contributed by atoms with Crippen molar-refractivity contribution in [2.45, 2.75) is 6.92 Å². The number of pyridine rings is 1. The maximum Gasteiger partial charge on any atom is 0.266 e. The quantitative estimate of drug-likeness (QED) is 0.720. The van der Waals surface area contributed by atoms with E-state index < -0.39 is 0 Å². The number of H-pyrrole nitrogens is 2. The molecule has 98 valence electrons. The van der Waals surface area contributed by atoms with Gasteiger partial charge in [0.25, 0.3) is 5.56 Å². The SMILES string of the molecule is Cc1cc(-c2ccc3n[nH]c(Br)c3c2)c(C#N)c(=O)[nH]1. The van der Waals surface area contributed by atoms with Crippen molar-refractivity contribution >= 4 is 26.8 Å². The summed E-state index contributed by atoms with van der Waals surface area (Å²) in [5.41, 5.74) is 2.73. The Labute approximate surface area is 122 Å². The largest absolute Gasteiger partial charge is 0.325 e. The molecule has 0 aliphatic rings. The van der Waals surface area contributed by atoms with E-state index in [2.05, 4.69) is 31.1 Å². The van der Waals surface area contributed by atoms with Crippen LogP contribution in [-0.2, 0) is 0 Å². The smallest absolute Gasteiger partial charge is 0.266 e. The Morgan fingerprint density at radius 3 is 2.90 bits per heavy atom. The van der Waals surface area contributed by atoms with Crippen molar-refractivity contribution in [3.05, 3.63) is 50.5 Å². The minimum atomic E-state index is -0.367. The lowest BCUT2D eigenvalue weighted by molar-refractivity contribution is 1.10. The van der Waals surface area contributed by atoms with E-state index in [4.69, 9.17) is 0 Å². The highest BCUT2D eigenvalue weighted by Crippen LogP contribution is 2.28. The van der Waals surface area contributed by atoms with Crippen molar-refractivity contribution in [3.63, 3.8) is 0 Å². The Kier molecular flexibility index (Phi) is 2.92. The fraction of sp³-hybridized carbons (Fsp3) is 0.0714. The molecule has 2 N–H and O–H groups in total. The predicted octanol–water partition coefficient (Wildman–Crippen LogP) is 2.86.